The van der Waals surface area contributed by atoms with Crippen LogP contribution >= 0.6 is 11.3 Å². The van der Waals surface area contributed by atoms with Crippen molar-refractivity contribution in [1.29, 1.82) is 0 Å². The molecule has 0 radical (unpaired) electrons. The van der Waals surface area contributed by atoms with Crippen LogP contribution in [-0.2, 0) is 14.8 Å². The van der Waals surface area contributed by atoms with E-state index in [1.54, 1.807) is 19.9 Å². The molecule has 2 heterocycles. The summed E-state index contributed by atoms with van der Waals surface area (Å²) in [5.41, 5.74) is 0.360. The molecule has 0 unspecified atom stereocenters. The smallest absolute Gasteiger partial charge is 0.348 e. The van der Waals surface area contributed by atoms with Crippen LogP contribution in [0.3, 0.4) is 0 Å². The normalized spacial score (nSPS) is 16.5. The van der Waals surface area contributed by atoms with E-state index in [-0.39, 0.29) is 10.4 Å². The summed E-state index contributed by atoms with van der Waals surface area (Å²) in [4.78, 5) is 17.4. The van der Waals surface area contributed by atoms with E-state index >= 15 is 0 Å². The molecule has 1 aliphatic carbocycles. The summed E-state index contributed by atoms with van der Waals surface area (Å²) in [6, 6.07) is 1.57. The Hall–Kier alpha value is -1.51. The van der Waals surface area contributed by atoms with Gasteiger partial charge in [-0.05, 0) is 45.2 Å². The Morgan fingerprint density at radius 1 is 1.48 bits per heavy atom. The van der Waals surface area contributed by atoms with Gasteiger partial charge in [0, 0.05) is 17.1 Å². The number of hydrogen-bond donors (Lipinski definition) is 1. The molecule has 1 N–H and O–H groups in total. The Kier molecular flexibility index (Phi) is 3.94. The monoisotopic (exact) mass is 354 g/mol. The summed E-state index contributed by atoms with van der Waals surface area (Å²) in [5, 5.41) is 0.668. The third-order valence-corrected chi connectivity index (χ3v) is 6.72. The van der Waals surface area contributed by atoms with E-state index in [9.17, 15) is 13.2 Å². The highest BCUT2D eigenvalue weighted by molar-refractivity contribution is 7.89. The fourth-order valence-corrected chi connectivity index (χ4v) is 4.75. The van der Waals surface area contributed by atoms with Crippen molar-refractivity contribution in [2.45, 2.75) is 44.0 Å². The molecule has 0 aliphatic heterocycles. The Morgan fingerprint density at radius 2 is 2.17 bits per heavy atom. The number of rotatable bonds is 5. The van der Waals surface area contributed by atoms with Crippen LogP contribution in [0.5, 0.6) is 0 Å². The predicted octanol–water partition coefficient (Wildman–Crippen LogP) is 2.61. The Balaban J connectivity index is 2.02. The standard InChI is InChI=1S/C15H18N2O4S2/c1-4-21-14(18)12-9(2)11-7-10(8-16-13(11)22-12)23(19,20)17-15(3)5-6-15/h7-8,17H,4-6H2,1-3H3. The van der Waals surface area contributed by atoms with Crippen LogP contribution in [0.15, 0.2) is 17.2 Å². The number of hydrogen-bond acceptors (Lipinski definition) is 6. The first kappa shape index (κ1) is 16.4. The lowest BCUT2D eigenvalue weighted by atomic mass is 10.2. The summed E-state index contributed by atoms with van der Waals surface area (Å²) >= 11 is 1.22. The third-order valence-electron chi connectivity index (χ3n) is 3.92. The predicted molar refractivity (Wildman–Crippen MR) is 88.3 cm³/mol. The second-order valence-electron chi connectivity index (χ2n) is 5.97. The van der Waals surface area contributed by atoms with Crippen LogP contribution in [0, 0.1) is 6.92 Å². The molecule has 0 atom stereocenters. The van der Waals surface area contributed by atoms with Crippen molar-refractivity contribution in [3.63, 3.8) is 0 Å². The van der Waals surface area contributed by atoms with E-state index in [2.05, 4.69) is 9.71 Å². The Bertz CT molecular complexity index is 882. The second-order valence-corrected chi connectivity index (χ2v) is 8.65. The zero-order valence-electron chi connectivity index (χ0n) is 13.2. The van der Waals surface area contributed by atoms with Crippen molar-refractivity contribution in [2.75, 3.05) is 6.61 Å². The first-order valence-corrected chi connectivity index (χ1v) is 9.66. The van der Waals surface area contributed by atoms with Gasteiger partial charge in [0.2, 0.25) is 10.0 Å². The van der Waals surface area contributed by atoms with E-state index in [1.165, 1.54) is 17.5 Å². The number of carbonyl (C=O) groups excluding carboxylic acids is 1. The van der Waals surface area contributed by atoms with Crippen LogP contribution in [0.1, 0.15) is 41.9 Å². The summed E-state index contributed by atoms with van der Waals surface area (Å²) in [6.45, 7) is 5.69. The molecule has 0 amide bonds. The summed E-state index contributed by atoms with van der Waals surface area (Å²) < 4.78 is 32.6. The van der Waals surface area contributed by atoms with Crippen LogP contribution in [0.25, 0.3) is 10.2 Å². The van der Waals surface area contributed by atoms with E-state index in [0.717, 1.165) is 12.8 Å². The molecule has 3 rings (SSSR count). The van der Waals surface area contributed by atoms with Crippen molar-refractivity contribution >= 4 is 37.5 Å². The van der Waals surface area contributed by atoms with Gasteiger partial charge >= 0.3 is 5.97 Å². The van der Waals surface area contributed by atoms with Crippen molar-refractivity contribution < 1.29 is 17.9 Å². The van der Waals surface area contributed by atoms with Gasteiger partial charge in [0.1, 0.15) is 14.6 Å². The molecule has 0 spiro atoms. The quantitative estimate of drug-likeness (QED) is 0.834. The van der Waals surface area contributed by atoms with Crippen LogP contribution in [0.4, 0.5) is 0 Å². The molecule has 6 nitrogen and oxygen atoms in total. The second kappa shape index (κ2) is 5.54. The molecule has 2 aromatic rings. The molecule has 8 heteroatoms. The fourth-order valence-electron chi connectivity index (χ4n) is 2.29. The minimum Gasteiger partial charge on any atom is -0.462 e. The number of nitrogens with zero attached hydrogens (tertiary/aromatic N) is 1. The molecule has 0 aromatic carbocycles. The highest BCUT2D eigenvalue weighted by Crippen LogP contribution is 2.36. The SMILES string of the molecule is CCOC(=O)c1sc2ncc(S(=O)(=O)NC3(C)CC3)cc2c1C. The highest BCUT2D eigenvalue weighted by atomic mass is 32.2. The van der Waals surface area contributed by atoms with Crippen molar-refractivity contribution in [3.05, 3.63) is 22.7 Å². The number of aromatic nitrogens is 1. The molecule has 2 aromatic heterocycles. The number of carbonyl (C=O) groups is 1. The van der Waals surface area contributed by atoms with E-state index in [0.29, 0.717) is 27.3 Å². The van der Waals surface area contributed by atoms with Gasteiger partial charge < -0.3 is 4.74 Å². The first-order valence-electron chi connectivity index (χ1n) is 7.36. The molecule has 1 saturated carbocycles. The van der Waals surface area contributed by atoms with Crippen LogP contribution in [-0.4, -0.2) is 31.5 Å². The van der Waals surface area contributed by atoms with Gasteiger partial charge in [0.15, 0.2) is 0 Å². The van der Waals surface area contributed by atoms with Gasteiger partial charge in [0.25, 0.3) is 0 Å². The number of fused-ring (bicyclic) bond motifs is 1. The maximum Gasteiger partial charge on any atom is 0.348 e. The van der Waals surface area contributed by atoms with Gasteiger partial charge in [-0.1, -0.05) is 0 Å². The fraction of sp³-hybridized carbons (Fsp3) is 0.467. The van der Waals surface area contributed by atoms with Gasteiger partial charge in [-0.2, -0.15) is 0 Å². The topological polar surface area (TPSA) is 85.4 Å². The molecular weight excluding hydrogens is 336 g/mol. The molecular formula is C15H18N2O4S2. The average Bonchev–Trinajstić information content (AvgIpc) is 3.09. The van der Waals surface area contributed by atoms with Gasteiger partial charge in [-0.15, -0.1) is 11.3 Å². The maximum absolute atomic E-state index is 12.4. The summed E-state index contributed by atoms with van der Waals surface area (Å²) in [6.07, 6.45) is 3.01. The lowest BCUT2D eigenvalue weighted by Gasteiger charge is -2.11. The zero-order valence-corrected chi connectivity index (χ0v) is 14.8. The van der Waals surface area contributed by atoms with E-state index in [1.807, 2.05) is 6.92 Å². The largest absolute Gasteiger partial charge is 0.462 e. The molecule has 0 saturated heterocycles. The number of nitrogens with one attached hydrogen (secondary N) is 1. The number of sulfonamides is 1. The highest BCUT2D eigenvalue weighted by Gasteiger charge is 2.41. The maximum atomic E-state index is 12.4. The molecule has 1 aliphatic rings. The summed E-state index contributed by atoms with van der Waals surface area (Å²) in [7, 11) is -3.61. The average molecular weight is 354 g/mol. The number of thiophene rings is 1. The van der Waals surface area contributed by atoms with Crippen LogP contribution in [0.2, 0.25) is 0 Å². The van der Waals surface area contributed by atoms with Crippen molar-refractivity contribution in [1.82, 2.24) is 9.71 Å². The van der Waals surface area contributed by atoms with E-state index in [4.69, 9.17) is 4.74 Å². The van der Waals surface area contributed by atoms with Crippen LogP contribution < -0.4 is 4.72 Å². The number of pyridine rings is 1. The zero-order chi connectivity index (χ0) is 16.8. The van der Waals surface area contributed by atoms with Crippen molar-refractivity contribution in [2.24, 2.45) is 0 Å². The van der Waals surface area contributed by atoms with Gasteiger partial charge in [0.05, 0.1) is 6.61 Å². The molecule has 1 fully saturated rings. The number of ether oxygens (including phenoxy) is 1. The lowest BCUT2D eigenvalue weighted by molar-refractivity contribution is 0.0531. The van der Waals surface area contributed by atoms with Crippen molar-refractivity contribution in [3.8, 4) is 0 Å². The minimum absolute atomic E-state index is 0.120. The number of aryl methyl sites for hydroxylation is 1. The third kappa shape index (κ3) is 3.11. The summed E-state index contributed by atoms with van der Waals surface area (Å²) in [5.74, 6) is -0.402. The minimum atomic E-state index is -3.61. The first-order chi connectivity index (χ1) is 10.8. The molecule has 0 bridgehead atoms. The molecule has 23 heavy (non-hydrogen) atoms. The Morgan fingerprint density at radius 3 is 2.78 bits per heavy atom. The van der Waals surface area contributed by atoms with Gasteiger partial charge in [-0.25, -0.2) is 22.9 Å². The van der Waals surface area contributed by atoms with E-state index < -0.39 is 16.0 Å². The number of esters is 1. The molecule has 124 valence electrons. The van der Waals surface area contributed by atoms with Gasteiger partial charge in [-0.3, -0.25) is 0 Å². The lowest BCUT2D eigenvalue weighted by Crippen LogP contribution is -2.34. The Labute approximate surface area is 138 Å².